The molecule has 3 N–H and O–H groups in total. The average Bonchev–Trinajstić information content (AvgIpc) is 3.24. The molecule has 0 bridgehead atoms. The van der Waals surface area contributed by atoms with Crippen LogP contribution in [0.4, 0.5) is 14.4 Å². The first kappa shape index (κ1) is 53.5. The van der Waals surface area contributed by atoms with Gasteiger partial charge in [-0.1, -0.05) is 87.7 Å². The number of aryl methyl sites for hydroxylation is 1. The average molecular weight is 995 g/mol. The standard InChI is InChI=1S/C42H59Cl3N6O9S3/c1-7-24-46-40(52)49(4)61(55,56)37-21-18-31(43)27-30(37)16-14-12-10-11-13-15-17-34(35-28-32(44)19-22-38(35)62(57,58)50(5)41(53)47-25-8-2)36-29-33(45)20-23-39(36)63(59,60)51(6)42(54)48-26-9-3/h18-23,27-29,34H,7-17,24-26H2,1-6H3,(H,46,52)(H,47,53)(H,48,54). The van der Waals surface area contributed by atoms with Gasteiger partial charge in [0, 0.05) is 61.8 Å². The number of amides is 6. The molecule has 0 atom stereocenters. The summed E-state index contributed by atoms with van der Waals surface area (Å²) < 4.78 is 85.5. The van der Waals surface area contributed by atoms with Gasteiger partial charge in [0.2, 0.25) is 0 Å². The molecule has 63 heavy (non-hydrogen) atoms. The van der Waals surface area contributed by atoms with Gasteiger partial charge in [-0.3, -0.25) is 0 Å². The molecule has 0 unspecified atom stereocenters. The van der Waals surface area contributed by atoms with Crippen molar-refractivity contribution in [3.63, 3.8) is 0 Å². The van der Waals surface area contributed by atoms with E-state index in [4.69, 9.17) is 34.8 Å². The van der Waals surface area contributed by atoms with Crippen LogP contribution in [0.25, 0.3) is 0 Å². The minimum absolute atomic E-state index is 0.00236. The fourth-order valence-electron chi connectivity index (χ4n) is 6.70. The van der Waals surface area contributed by atoms with E-state index in [-0.39, 0.29) is 55.4 Å². The minimum Gasteiger partial charge on any atom is -0.337 e. The molecular formula is C42H59Cl3N6O9S3. The maximum atomic E-state index is 14.2. The summed E-state index contributed by atoms with van der Waals surface area (Å²) in [6.07, 6.45) is 6.28. The van der Waals surface area contributed by atoms with Crippen molar-refractivity contribution in [2.75, 3.05) is 40.8 Å². The van der Waals surface area contributed by atoms with Gasteiger partial charge in [-0.05, 0) is 110 Å². The second kappa shape index (κ2) is 24.5. The van der Waals surface area contributed by atoms with E-state index in [0.717, 1.165) is 26.9 Å². The predicted octanol–water partition coefficient (Wildman–Crippen LogP) is 8.97. The Morgan fingerprint density at radius 3 is 1.24 bits per heavy atom. The third-order valence-electron chi connectivity index (χ3n) is 10.3. The van der Waals surface area contributed by atoms with Crippen LogP contribution in [0.1, 0.15) is 108 Å². The fourth-order valence-corrected chi connectivity index (χ4v) is 11.2. The van der Waals surface area contributed by atoms with Crippen LogP contribution in [-0.4, -0.2) is 97.0 Å². The van der Waals surface area contributed by atoms with Crippen LogP contribution in [0.3, 0.4) is 0 Å². The van der Waals surface area contributed by atoms with Gasteiger partial charge in [-0.2, -0.15) is 0 Å². The number of carbonyl (C=O) groups is 3. The maximum absolute atomic E-state index is 14.2. The lowest BCUT2D eigenvalue weighted by atomic mass is 9.86. The van der Waals surface area contributed by atoms with E-state index < -0.39 is 54.1 Å². The lowest BCUT2D eigenvalue weighted by Crippen LogP contribution is -2.42. The van der Waals surface area contributed by atoms with Crippen LogP contribution in [-0.2, 0) is 36.5 Å². The Bertz CT molecular complexity index is 2300. The van der Waals surface area contributed by atoms with Crippen molar-refractivity contribution in [3.8, 4) is 0 Å². The Hall–Kier alpha value is -3.81. The van der Waals surface area contributed by atoms with Gasteiger partial charge in [-0.15, -0.1) is 0 Å². The van der Waals surface area contributed by atoms with Gasteiger partial charge < -0.3 is 16.0 Å². The van der Waals surface area contributed by atoms with E-state index in [2.05, 4.69) is 16.0 Å². The largest absolute Gasteiger partial charge is 0.337 e. The first-order valence-corrected chi connectivity index (χ1v) is 26.3. The van der Waals surface area contributed by atoms with E-state index >= 15 is 0 Å². The number of hydrogen-bond donors (Lipinski definition) is 3. The topological polar surface area (TPSA) is 199 Å². The Balaban J connectivity index is 1.93. The molecule has 6 amide bonds. The highest BCUT2D eigenvalue weighted by atomic mass is 35.5. The van der Waals surface area contributed by atoms with Gasteiger partial charge in [-0.25, -0.2) is 52.6 Å². The summed E-state index contributed by atoms with van der Waals surface area (Å²) in [6.45, 7) is 6.30. The van der Waals surface area contributed by atoms with Crippen molar-refractivity contribution < 1.29 is 39.6 Å². The van der Waals surface area contributed by atoms with Gasteiger partial charge in [0.05, 0.1) is 14.7 Å². The lowest BCUT2D eigenvalue weighted by Gasteiger charge is -2.27. The van der Waals surface area contributed by atoms with E-state index in [9.17, 15) is 39.6 Å². The van der Waals surface area contributed by atoms with Crippen molar-refractivity contribution in [2.45, 2.75) is 112 Å². The monoisotopic (exact) mass is 992 g/mol. The third-order valence-corrected chi connectivity index (χ3v) is 16.4. The molecule has 0 aliphatic rings. The molecule has 0 spiro atoms. The van der Waals surface area contributed by atoms with Crippen LogP contribution in [0.5, 0.6) is 0 Å². The summed E-state index contributed by atoms with van der Waals surface area (Å²) in [6, 6.07) is 10.2. The molecule has 0 saturated heterocycles. The Labute approximate surface area is 388 Å². The van der Waals surface area contributed by atoms with Gasteiger partial charge in [0.1, 0.15) is 0 Å². The molecular weight excluding hydrogens is 935 g/mol. The minimum atomic E-state index is -4.53. The Morgan fingerprint density at radius 1 is 0.508 bits per heavy atom. The number of hydrogen-bond acceptors (Lipinski definition) is 9. The summed E-state index contributed by atoms with van der Waals surface area (Å²) in [5.41, 5.74) is 0.757. The molecule has 3 aromatic rings. The summed E-state index contributed by atoms with van der Waals surface area (Å²) >= 11 is 19.3. The van der Waals surface area contributed by atoms with Gasteiger partial charge >= 0.3 is 18.1 Å². The van der Waals surface area contributed by atoms with Crippen LogP contribution in [0.2, 0.25) is 15.1 Å². The molecule has 3 aromatic carbocycles. The molecule has 0 aliphatic heterocycles. The Kier molecular flexibility index (Phi) is 20.8. The predicted molar refractivity (Wildman–Crippen MR) is 248 cm³/mol. The smallest absolute Gasteiger partial charge is 0.331 e. The van der Waals surface area contributed by atoms with E-state index in [0.29, 0.717) is 81.4 Å². The second-order valence-corrected chi connectivity index (χ2v) is 22.1. The molecule has 350 valence electrons. The van der Waals surface area contributed by atoms with Gasteiger partial charge in [0.25, 0.3) is 30.1 Å². The number of urea groups is 3. The zero-order valence-corrected chi connectivity index (χ0v) is 41.3. The normalized spacial score (nSPS) is 11.9. The number of carbonyl (C=O) groups excluding carboxylic acids is 3. The van der Waals surface area contributed by atoms with Crippen LogP contribution in [0.15, 0.2) is 69.3 Å². The number of benzene rings is 3. The summed E-state index contributed by atoms with van der Waals surface area (Å²) in [7, 11) is -9.74. The number of sulfonamides is 3. The highest BCUT2D eigenvalue weighted by Gasteiger charge is 2.35. The van der Waals surface area contributed by atoms with Crippen LogP contribution >= 0.6 is 34.8 Å². The second-order valence-electron chi connectivity index (χ2n) is 14.9. The molecule has 15 nitrogen and oxygen atoms in total. The summed E-state index contributed by atoms with van der Waals surface area (Å²) in [5.74, 6) is -0.957. The molecule has 0 fully saturated rings. The fraction of sp³-hybridized carbons (Fsp3) is 0.500. The molecule has 0 radical (unpaired) electrons. The molecule has 0 aliphatic carbocycles. The zero-order chi connectivity index (χ0) is 47.1. The highest BCUT2D eigenvalue weighted by Crippen LogP contribution is 2.41. The first-order valence-electron chi connectivity index (χ1n) is 20.8. The molecule has 0 saturated carbocycles. The number of rotatable bonds is 23. The summed E-state index contributed by atoms with van der Waals surface area (Å²) in [5, 5.41) is 8.39. The van der Waals surface area contributed by atoms with Crippen molar-refractivity contribution in [1.82, 2.24) is 28.9 Å². The number of unbranched alkanes of at least 4 members (excludes halogenated alkanes) is 5. The molecule has 0 aromatic heterocycles. The molecule has 0 heterocycles. The SMILES string of the molecule is CCCNC(=O)N(C)S(=O)(=O)c1ccc(Cl)cc1CCCCCCCCC(c1cc(Cl)ccc1S(=O)(=O)N(C)C(=O)NCCC)c1cc(Cl)ccc1S(=O)(=O)N(C)C(=O)NCCC. The Morgan fingerprint density at radius 2 is 0.841 bits per heavy atom. The zero-order valence-electron chi connectivity index (χ0n) is 36.5. The quantitative estimate of drug-likeness (QED) is 0.0776. The number of nitrogens with zero attached hydrogens (tertiary/aromatic N) is 3. The third kappa shape index (κ3) is 14.1. The van der Waals surface area contributed by atoms with Crippen molar-refractivity contribution in [3.05, 3.63) is 86.4 Å². The number of nitrogens with one attached hydrogen (secondary N) is 3. The molecule has 3 rings (SSSR count). The van der Waals surface area contributed by atoms with Crippen LogP contribution < -0.4 is 16.0 Å². The van der Waals surface area contributed by atoms with Crippen molar-refractivity contribution >= 4 is 83.0 Å². The van der Waals surface area contributed by atoms with E-state index in [1.807, 2.05) is 20.8 Å². The maximum Gasteiger partial charge on any atom is 0.331 e. The van der Waals surface area contributed by atoms with E-state index in [1.165, 1.54) is 55.6 Å². The summed E-state index contributed by atoms with van der Waals surface area (Å²) in [4.78, 5) is 37.9. The van der Waals surface area contributed by atoms with E-state index in [1.54, 1.807) is 6.07 Å². The van der Waals surface area contributed by atoms with Crippen LogP contribution in [0, 0.1) is 0 Å². The number of halogens is 3. The van der Waals surface area contributed by atoms with Crippen molar-refractivity contribution in [2.24, 2.45) is 0 Å². The molecule has 21 heteroatoms. The van der Waals surface area contributed by atoms with Gasteiger partial charge in [0.15, 0.2) is 0 Å². The highest BCUT2D eigenvalue weighted by molar-refractivity contribution is 7.90. The lowest BCUT2D eigenvalue weighted by molar-refractivity contribution is 0.227. The van der Waals surface area contributed by atoms with Crippen molar-refractivity contribution in [1.29, 1.82) is 0 Å². The first-order chi connectivity index (χ1) is 29.7.